The van der Waals surface area contributed by atoms with Crippen LogP contribution in [0, 0.1) is 0 Å². The smallest absolute Gasteiger partial charge is 0.0433 e. The summed E-state index contributed by atoms with van der Waals surface area (Å²) in [6, 6.07) is 0. The number of allylic oxidation sites excluding steroid dienone is 1. The molecule has 0 aromatic rings. The topological polar surface area (TPSA) is 9.23 Å². The van der Waals surface area contributed by atoms with Crippen molar-refractivity contribution in [2.24, 2.45) is 0 Å². The minimum Gasteiger partial charge on any atom is -0.385 e. The van der Waals surface area contributed by atoms with E-state index in [0.717, 1.165) is 13.0 Å². The number of ether oxygens (including phenoxy) is 1. The summed E-state index contributed by atoms with van der Waals surface area (Å²) in [7, 11) is 1.68. The van der Waals surface area contributed by atoms with E-state index < -0.39 is 0 Å². The van der Waals surface area contributed by atoms with Gasteiger partial charge in [-0.05, 0) is 13.3 Å². The Morgan fingerprint density at radius 2 is 1.38 bits per heavy atom. The summed E-state index contributed by atoms with van der Waals surface area (Å²) in [5, 5.41) is 0. The molecular weight excluding hydrogens is 160 g/mol. The van der Waals surface area contributed by atoms with Crippen LogP contribution in [0.25, 0.3) is 0 Å². The molecule has 0 atom stereocenters. The summed E-state index contributed by atoms with van der Waals surface area (Å²) in [4.78, 5) is 0. The minimum atomic E-state index is 0.819. The second-order valence-electron chi connectivity index (χ2n) is 2.63. The second kappa shape index (κ2) is 29.8. The van der Waals surface area contributed by atoms with Gasteiger partial charge in [-0.25, -0.2) is 0 Å². The van der Waals surface area contributed by atoms with Crippen LogP contribution in [0.2, 0.25) is 0 Å². The summed E-state index contributed by atoms with van der Waals surface area (Å²) in [6.45, 7) is 12.7. The van der Waals surface area contributed by atoms with Crippen LogP contribution in [0.1, 0.15) is 53.4 Å². The zero-order valence-electron chi connectivity index (χ0n) is 10.2. The summed E-state index contributed by atoms with van der Waals surface area (Å²) >= 11 is 0. The molecule has 0 radical (unpaired) electrons. The van der Waals surface area contributed by atoms with E-state index >= 15 is 0 Å². The molecule has 0 heterocycles. The van der Waals surface area contributed by atoms with Crippen molar-refractivity contribution in [2.75, 3.05) is 13.7 Å². The summed E-state index contributed by atoms with van der Waals surface area (Å²) in [5.41, 5.74) is 0. The van der Waals surface area contributed by atoms with Crippen LogP contribution in [0.3, 0.4) is 0 Å². The molecule has 0 bridgehead atoms. The highest BCUT2D eigenvalue weighted by Crippen LogP contribution is 1.88. The van der Waals surface area contributed by atoms with Gasteiger partial charge in [-0.3, -0.25) is 0 Å². The van der Waals surface area contributed by atoms with Crippen LogP contribution in [0.15, 0.2) is 12.7 Å². The van der Waals surface area contributed by atoms with Crippen LogP contribution in [-0.2, 0) is 4.74 Å². The fraction of sp³-hybridized carbons (Fsp3) is 0.833. The van der Waals surface area contributed by atoms with Gasteiger partial charge in [0.15, 0.2) is 0 Å². The lowest BCUT2D eigenvalue weighted by atomic mass is 10.3. The van der Waals surface area contributed by atoms with E-state index in [2.05, 4.69) is 32.1 Å². The zero-order valence-corrected chi connectivity index (χ0v) is 10.2. The molecule has 1 nitrogen and oxygen atoms in total. The molecule has 0 aliphatic rings. The lowest BCUT2D eigenvalue weighted by molar-refractivity contribution is 0.215. The number of hydrogen-bond acceptors (Lipinski definition) is 1. The Bertz CT molecular complexity index is 56.1. The van der Waals surface area contributed by atoms with Crippen LogP contribution < -0.4 is 0 Å². The average molecular weight is 188 g/mol. The molecule has 0 aromatic heterocycles. The molecule has 0 unspecified atom stereocenters. The number of hydrogen-bond donors (Lipinski definition) is 0. The standard InChI is InChI=1S/C5H12.C4H8.C3H8O/c1-3-5-4-2;2*1-3-4-2/h3-5H2,1-2H3;3H,1,4H2,2H3;3H2,1-2H3. The lowest BCUT2D eigenvalue weighted by Gasteiger charge is -1.79. The van der Waals surface area contributed by atoms with Crippen molar-refractivity contribution < 1.29 is 4.74 Å². The van der Waals surface area contributed by atoms with Crippen molar-refractivity contribution in [3.8, 4) is 0 Å². The monoisotopic (exact) mass is 188 g/mol. The molecule has 0 amide bonds. The van der Waals surface area contributed by atoms with E-state index in [4.69, 9.17) is 0 Å². The van der Waals surface area contributed by atoms with Gasteiger partial charge in [0, 0.05) is 13.7 Å². The molecule has 0 saturated heterocycles. The number of rotatable bonds is 4. The van der Waals surface area contributed by atoms with E-state index in [-0.39, 0.29) is 0 Å². The van der Waals surface area contributed by atoms with E-state index in [1.807, 2.05) is 13.0 Å². The molecule has 0 aliphatic carbocycles. The summed E-state index contributed by atoms with van der Waals surface area (Å²) < 4.78 is 4.54. The molecule has 0 rings (SSSR count). The van der Waals surface area contributed by atoms with Gasteiger partial charge in [0.05, 0.1) is 0 Å². The summed E-state index contributed by atoms with van der Waals surface area (Å²) in [6.07, 6.45) is 7.03. The van der Waals surface area contributed by atoms with Gasteiger partial charge in [-0.2, -0.15) is 0 Å². The van der Waals surface area contributed by atoms with Crippen LogP contribution in [-0.4, -0.2) is 13.7 Å². The van der Waals surface area contributed by atoms with Gasteiger partial charge < -0.3 is 4.74 Å². The zero-order chi connectivity index (χ0) is 10.9. The van der Waals surface area contributed by atoms with E-state index in [0.29, 0.717) is 0 Å². The Balaban J connectivity index is -0.000000117. The highest BCUT2D eigenvalue weighted by atomic mass is 16.5. The fourth-order valence-electron chi connectivity index (χ4n) is 0.354. The first-order valence-corrected chi connectivity index (χ1v) is 5.34. The molecule has 0 saturated carbocycles. The van der Waals surface area contributed by atoms with Gasteiger partial charge in [0.25, 0.3) is 0 Å². The number of methoxy groups -OCH3 is 1. The highest BCUT2D eigenvalue weighted by molar-refractivity contribution is 4.60. The van der Waals surface area contributed by atoms with Crippen molar-refractivity contribution in [1.29, 1.82) is 0 Å². The Hall–Kier alpha value is -0.300. The maximum atomic E-state index is 4.54. The van der Waals surface area contributed by atoms with Crippen molar-refractivity contribution >= 4 is 0 Å². The largest absolute Gasteiger partial charge is 0.385 e. The van der Waals surface area contributed by atoms with Crippen molar-refractivity contribution in [1.82, 2.24) is 0 Å². The minimum absolute atomic E-state index is 0.819. The molecule has 0 spiro atoms. The van der Waals surface area contributed by atoms with Crippen LogP contribution in [0.5, 0.6) is 0 Å². The molecule has 0 fully saturated rings. The Morgan fingerprint density at radius 1 is 1.08 bits per heavy atom. The maximum Gasteiger partial charge on any atom is 0.0433 e. The molecule has 82 valence electrons. The number of unbranched alkanes of at least 4 members (excludes halogenated alkanes) is 2. The molecular formula is C12H28O. The molecule has 0 aliphatic heterocycles. The Kier molecular flexibility index (Phi) is 42.4. The third-order valence-electron chi connectivity index (χ3n) is 1.28. The highest BCUT2D eigenvalue weighted by Gasteiger charge is 1.68. The van der Waals surface area contributed by atoms with E-state index in [1.54, 1.807) is 7.11 Å². The first-order valence-electron chi connectivity index (χ1n) is 5.34. The third-order valence-corrected chi connectivity index (χ3v) is 1.28. The van der Waals surface area contributed by atoms with Crippen LogP contribution in [0.4, 0.5) is 0 Å². The van der Waals surface area contributed by atoms with Crippen molar-refractivity contribution in [2.45, 2.75) is 53.4 Å². The Labute approximate surface area is 85.2 Å². The molecule has 0 aromatic carbocycles. The van der Waals surface area contributed by atoms with Gasteiger partial charge in [-0.15, -0.1) is 6.58 Å². The van der Waals surface area contributed by atoms with Gasteiger partial charge in [0.1, 0.15) is 0 Å². The normalized spacial score (nSPS) is 7.46. The van der Waals surface area contributed by atoms with Crippen LogP contribution >= 0.6 is 0 Å². The first kappa shape index (κ1) is 18.5. The fourth-order valence-corrected chi connectivity index (χ4v) is 0.354. The summed E-state index contributed by atoms with van der Waals surface area (Å²) in [5.74, 6) is 0. The lowest BCUT2D eigenvalue weighted by Crippen LogP contribution is -1.73. The van der Waals surface area contributed by atoms with Gasteiger partial charge in [-0.1, -0.05) is 46.1 Å². The maximum absolute atomic E-state index is 4.54. The van der Waals surface area contributed by atoms with E-state index in [9.17, 15) is 0 Å². The predicted molar refractivity (Wildman–Crippen MR) is 63.2 cm³/mol. The van der Waals surface area contributed by atoms with Crippen molar-refractivity contribution in [3.63, 3.8) is 0 Å². The SMILES string of the molecule is C=CCC.CCCCC.CCOC. The Morgan fingerprint density at radius 3 is 1.38 bits per heavy atom. The van der Waals surface area contributed by atoms with Gasteiger partial charge >= 0.3 is 0 Å². The third kappa shape index (κ3) is 80.4. The average Bonchev–Trinajstić information content (AvgIpc) is 2.20. The van der Waals surface area contributed by atoms with E-state index in [1.165, 1.54) is 19.3 Å². The molecule has 1 heteroatoms. The predicted octanol–water partition coefficient (Wildman–Crippen LogP) is 4.43. The first-order chi connectivity index (χ1) is 6.24. The van der Waals surface area contributed by atoms with Gasteiger partial charge in [0.2, 0.25) is 0 Å². The second-order valence-corrected chi connectivity index (χ2v) is 2.63. The molecule has 13 heavy (non-hydrogen) atoms. The van der Waals surface area contributed by atoms with Crippen molar-refractivity contribution in [3.05, 3.63) is 12.7 Å². The quantitative estimate of drug-likeness (QED) is 0.593. The molecule has 0 N–H and O–H groups in total.